The predicted octanol–water partition coefficient (Wildman–Crippen LogP) is -0.182. The number of hydrogen-bond acceptors (Lipinski definition) is 3. The third-order valence-electron chi connectivity index (χ3n) is 2.14. The van der Waals surface area contributed by atoms with E-state index >= 15 is 0 Å². The lowest BCUT2D eigenvalue weighted by molar-refractivity contribution is -0.120. The first-order valence-corrected chi connectivity index (χ1v) is 5.10. The van der Waals surface area contributed by atoms with Crippen LogP contribution in [0.3, 0.4) is 0 Å². The van der Waals surface area contributed by atoms with E-state index in [9.17, 15) is 4.79 Å². The average molecular weight is 210 g/mol. The van der Waals surface area contributed by atoms with Crippen molar-refractivity contribution in [2.45, 2.75) is 19.9 Å². The molecule has 5 nitrogen and oxygen atoms in total. The quantitative estimate of drug-likeness (QED) is 0.708. The van der Waals surface area contributed by atoms with E-state index in [1.807, 2.05) is 13.2 Å². The zero-order valence-corrected chi connectivity index (χ0v) is 9.50. The number of aromatic nitrogens is 2. The van der Waals surface area contributed by atoms with E-state index in [1.54, 1.807) is 11.7 Å². The number of amides is 1. The smallest absolute Gasteiger partial charge is 0.234 e. The van der Waals surface area contributed by atoms with E-state index in [-0.39, 0.29) is 5.91 Å². The van der Waals surface area contributed by atoms with Crippen molar-refractivity contribution in [3.63, 3.8) is 0 Å². The van der Waals surface area contributed by atoms with Crippen molar-refractivity contribution in [3.8, 4) is 0 Å². The molecule has 0 aliphatic heterocycles. The van der Waals surface area contributed by atoms with Crippen LogP contribution in [0.4, 0.5) is 0 Å². The largest absolute Gasteiger partial charge is 0.351 e. The molecule has 0 unspecified atom stereocenters. The fourth-order valence-corrected chi connectivity index (χ4v) is 1.45. The number of carbonyl (C=O) groups excluding carboxylic acids is 1. The van der Waals surface area contributed by atoms with Gasteiger partial charge in [-0.05, 0) is 13.5 Å². The van der Waals surface area contributed by atoms with Crippen LogP contribution in [0.1, 0.15) is 18.2 Å². The number of nitrogens with zero attached hydrogens (tertiary/aromatic N) is 2. The van der Waals surface area contributed by atoms with Crippen LogP contribution in [0.5, 0.6) is 0 Å². The first-order valence-electron chi connectivity index (χ1n) is 5.10. The van der Waals surface area contributed by atoms with Gasteiger partial charge in [-0.1, -0.05) is 6.92 Å². The molecule has 0 saturated heterocycles. The maximum Gasteiger partial charge on any atom is 0.234 e. The van der Waals surface area contributed by atoms with E-state index in [0.29, 0.717) is 13.1 Å². The van der Waals surface area contributed by atoms with E-state index in [4.69, 9.17) is 0 Å². The second-order valence-corrected chi connectivity index (χ2v) is 3.44. The maximum absolute atomic E-state index is 11.2. The second-order valence-electron chi connectivity index (χ2n) is 3.44. The predicted molar refractivity (Wildman–Crippen MR) is 58.4 cm³/mol. The molecule has 1 rings (SSSR count). The van der Waals surface area contributed by atoms with Crippen molar-refractivity contribution in [2.75, 3.05) is 13.6 Å². The number of hydrogen-bond donors (Lipinski definition) is 2. The Morgan fingerprint density at radius 2 is 2.33 bits per heavy atom. The first kappa shape index (κ1) is 11.7. The molecule has 84 valence electrons. The van der Waals surface area contributed by atoms with Gasteiger partial charge < -0.3 is 10.6 Å². The lowest BCUT2D eigenvalue weighted by Crippen LogP contribution is -2.31. The lowest BCUT2D eigenvalue weighted by Gasteiger charge is -2.03. The van der Waals surface area contributed by atoms with Crippen molar-refractivity contribution in [1.82, 2.24) is 20.4 Å². The lowest BCUT2D eigenvalue weighted by atomic mass is 10.2. The Balaban J connectivity index is 2.52. The molecule has 1 aromatic rings. The van der Waals surface area contributed by atoms with Crippen LogP contribution in [0, 0.1) is 0 Å². The van der Waals surface area contributed by atoms with Crippen LogP contribution in [0.15, 0.2) is 6.20 Å². The number of aryl methyl sites for hydroxylation is 2. The zero-order valence-electron chi connectivity index (χ0n) is 9.50. The van der Waals surface area contributed by atoms with Gasteiger partial charge in [-0.3, -0.25) is 9.48 Å². The van der Waals surface area contributed by atoms with Crippen LogP contribution < -0.4 is 10.6 Å². The monoisotopic (exact) mass is 210 g/mol. The van der Waals surface area contributed by atoms with Gasteiger partial charge in [-0.25, -0.2) is 0 Å². The SMILES string of the molecule is CCc1nn(C)cc1CNC(=O)CNC. The fraction of sp³-hybridized carbons (Fsp3) is 0.600. The highest BCUT2D eigenvalue weighted by molar-refractivity contribution is 5.77. The first-order chi connectivity index (χ1) is 7.17. The Morgan fingerprint density at radius 1 is 1.60 bits per heavy atom. The number of nitrogens with one attached hydrogen (secondary N) is 2. The highest BCUT2D eigenvalue weighted by Crippen LogP contribution is 2.06. The molecule has 0 aromatic carbocycles. The molecule has 0 atom stereocenters. The molecule has 1 aromatic heterocycles. The van der Waals surface area contributed by atoms with Crippen molar-refractivity contribution in [2.24, 2.45) is 7.05 Å². The third-order valence-corrected chi connectivity index (χ3v) is 2.14. The molecule has 1 amide bonds. The summed E-state index contributed by atoms with van der Waals surface area (Å²) in [4.78, 5) is 11.2. The maximum atomic E-state index is 11.2. The Labute approximate surface area is 89.9 Å². The summed E-state index contributed by atoms with van der Waals surface area (Å²) in [6.07, 6.45) is 2.83. The van der Waals surface area contributed by atoms with Crippen LogP contribution in [0.25, 0.3) is 0 Å². The van der Waals surface area contributed by atoms with Gasteiger partial charge in [0.25, 0.3) is 0 Å². The minimum absolute atomic E-state index is 0.00315. The van der Waals surface area contributed by atoms with Gasteiger partial charge in [0.1, 0.15) is 0 Å². The summed E-state index contributed by atoms with van der Waals surface area (Å²) >= 11 is 0. The van der Waals surface area contributed by atoms with Crippen LogP contribution in [0.2, 0.25) is 0 Å². The van der Waals surface area contributed by atoms with Crippen molar-refractivity contribution < 1.29 is 4.79 Å². The number of rotatable bonds is 5. The summed E-state index contributed by atoms with van der Waals surface area (Å²) in [5, 5.41) is 9.94. The summed E-state index contributed by atoms with van der Waals surface area (Å²) in [6.45, 7) is 2.96. The van der Waals surface area contributed by atoms with Gasteiger partial charge in [0, 0.05) is 25.4 Å². The minimum atomic E-state index is 0.00315. The van der Waals surface area contributed by atoms with Gasteiger partial charge in [-0.2, -0.15) is 5.10 Å². The van der Waals surface area contributed by atoms with Gasteiger partial charge in [0.05, 0.1) is 12.2 Å². The van der Waals surface area contributed by atoms with Crippen molar-refractivity contribution in [1.29, 1.82) is 0 Å². The van der Waals surface area contributed by atoms with Crippen LogP contribution in [-0.4, -0.2) is 29.3 Å². The molecular weight excluding hydrogens is 192 g/mol. The molecule has 0 bridgehead atoms. The van der Waals surface area contributed by atoms with E-state index < -0.39 is 0 Å². The molecule has 5 heteroatoms. The van der Waals surface area contributed by atoms with E-state index in [2.05, 4.69) is 22.7 Å². The molecule has 0 fully saturated rings. The third kappa shape index (κ3) is 3.36. The molecular formula is C10H18N4O. The Morgan fingerprint density at radius 3 is 2.93 bits per heavy atom. The molecule has 2 N–H and O–H groups in total. The number of carbonyl (C=O) groups is 1. The zero-order chi connectivity index (χ0) is 11.3. The van der Waals surface area contributed by atoms with Crippen LogP contribution >= 0.6 is 0 Å². The minimum Gasteiger partial charge on any atom is -0.351 e. The molecule has 0 saturated carbocycles. The van der Waals surface area contributed by atoms with Gasteiger partial charge >= 0.3 is 0 Å². The van der Waals surface area contributed by atoms with Crippen LogP contribution in [-0.2, 0) is 24.8 Å². The molecule has 0 aliphatic carbocycles. The molecule has 15 heavy (non-hydrogen) atoms. The summed E-state index contributed by atoms with van der Waals surface area (Å²) < 4.78 is 1.78. The highest BCUT2D eigenvalue weighted by atomic mass is 16.1. The Bertz CT molecular complexity index is 332. The van der Waals surface area contributed by atoms with E-state index in [1.165, 1.54) is 0 Å². The van der Waals surface area contributed by atoms with E-state index in [0.717, 1.165) is 17.7 Å². The van der Waals surface area contributed by atoms with Crippen molar-refractivity contribution >= 4 is 5.91 Å². The Kier molecular flexibility index (Phi) is 4.30. The normalized spacial score (nSPS) is 10.3. The summed E-state index contributed by atoms with van der Waals surface area (Å²) in [5.41, 5.74) is 2.13. The average Bonchev–Trinajstić information content (AvgIpc) is 2.56. The Hall–Kier alpha value is -1.36. The molecule has 0 spiro atoms. The summed E-state index contributed by atoms with van der Waals surface area (Å²) in [6, 6.07) is 0. The second kappa shape index (κ2) is 5.50. The van der Waals surface area contributed by atoms with Gasteiger partial charge in [-0.15, -0.1) is 0 Å². The molecule has 0 aliphatic rings. The summed E-state index contributed by atoms with van der Waals surface area (Å²) in [5.74, 6) is 0.00315. The van der Waals surface area contributed by atoms with Gasteiger partial charge in [0.2, 0.25) is 5.91 Å². The topological polar surface area (TPSA) is 59.0 Å². The molecule has 1 heterocycles. The summed E-state index contributed by atoms with van der Waals surface area (Å²) in [7, 11) is 3.64. The molecule has 0 radical (unpaired) electrons. The van der Waals surface area contributed by atoms with Gasteiger partial charge in [0.15, 0.2) is 0 Å². The number of likely N-dealkylation sites (N-methyl/N-ethyl adjacent to an activating group) is 1. The highest BCUT2D eigenvalue weighted by Gasteiger charge is 2.06. The van der Waals surface area contributed by atoms with Crippen molar-refractivity contribution in [3.05, 3.63) is 17.5 Å². The standard InChI is InChI=1S/C10H18N4O/c1-4-9-8(7-14(3)13-9)5-12-10(15)6-11-2/h7,11H,4-6H2,1-3H3,(H,12,15). The fourth-order valence-electron chi connectivity index (χ4n) is 1.45.